The second-order valence-corrected chi connectivity index (χ2v) is 2.78. The number of hydrogen-bond acceptors (Lipinski definition) is 3. The molecule has 0 atom stereocenters. The van der Waals surface area contributed by atoms with Gasteiger partial charge in [-0.2, -0.15) is 4.98 Å². The number of rotatable bonds is 2. The predicted molar refractivity (Wildman–Crippen MR) is 49.7 cm³/mol. The maximum Gasteiger partial charge on any atom is 0.250 e. The van der Waals surface area contributed by atoms with Crippen LogP contribution in [0.5, 0.6) is 0 Å². The van der Waals surface area contributed by atoms with Crippen LogP contribution >= 0.6 is 0 Å². The first-order chi connectivity index (χ1) is 7.20. The third kappa shape index (κ3) is 1.76. The quantitative estimate of drug-likeness (QED) is 0.761. The number of halogens is 2. The molecule has 2 rings (SSSR count). The molecule has 0 amide bonds. The van der Waals surface area contributed by atoms with E-state index in [1.165, 1.54) is 12.1 Å². The molecule has 0 aliphatic heterocycles. The van der Waals surface area contributed by atoms with E-state index in [4.69, 9.17) is 4.52 Å². The van der Waals surface area contributed by atoms with E-state index >= 15 is 0 Å². The summed E-state index contributed by atoms with van der Waals surface area (Å²) in [5, 5.41) is 3.53. The minimum absolute atomic E-state index is 0.0717. The molecule has 3 nitrogen and oxygen atoms in total. The van der Waals surface area contributed by atoms with Crippen molar-refractivity contribution in [3.05, 3.63) is 42.3 Å². The van der Waals surface area contributed by atoms with Crippen LogP contribution in [0, 0.1) is 11.6 Å². The van der Waals surface area contributed by atoms with E-state index in [0.717, 1.165) is 12.1 Å². The maximum atomic E-state index is 13.3. The van der Waals surface area contributed by atoms with Crippen molar-refractivity contribution in [2.75, 3.05) is 0 Å². The average Bonchev–Trinajstić information content (AvgIpc) is 2.66. The first kappa shape index (κ1) is 9.51. The second-order valence-electron chi connectivity index (χ2n) is 2.78. The number of benzene rings is 1. The Morgan fingerprint density at radius 1 is 1.33 bits per heavy atom. The van der Waals surface area contributed by atoms with Gasteiger partial charge in [0.1, 0.15) is 11.6 Å². The highest BCUT2D eigenvalue weighted by Gasteiger charge is 2.11. The summed E-state index contributed by atoms with van der Waals surface area (Å²) in [7, 11) is 0. The van der Waals surface area contributed by atoms with Crippen molar-refractivity contribution in [3.63, 3.8) is 0 Å². The van der Waals surface area contributed by atoms with Gasteiger partial charge in [-0.1, -0.05) is 11.7 Å². The molecular weight excluding hydrogens is 202 g/mol. The van der Waals surface area contributed by atoms with Crippen LogP contribution in [-0.4, -0.2) is 10.1 Å². The topological polar surface area (TPSA) is 38.9 Å². The van der Waals surface area contributed by atoms with Gasteiger partial charge in [-0.25, -0.2) is 8.78 Å². The van der Waals surface area contributed by atoms with Crippen LogP contribution in [0.15, 0.2) is 29.3 Å². The van der Waals surface area contributed by atoms with E-state index in [0.29, 0.717) is 0 Å². The lowest BCUT2D eigenvalue weighted by atomic mass is 10.2. The van der Waals surface area contributed by atoms with Crippen molar-refractivity contribution in [2.24, 2.45) is 0 Å². The fraction of sp³-hybridized carbons (Fsp3) is 0. The van der Waals surface area contributed by atoms with E-state index in [-0.39, 0.29) is 17.3 Å². The molecule has 0 spiro atoms. The van der Waals surface area contributed by atoms with E-state index in [1.54, 1.807) is 0 Å². The second kappa shape index (κ2) is 3.61. The van der Waals surface area contributed by atoms with E-state index in [9.17, 15) is 8.78 Å². The van der Waals surface area contributed by atoms with Gasteiger partial charge in [0.05, 0.1) is 5.56 Å². The van der Waals surface area contributed by atoms with E-state index in [1.807, 2.05) is 0 Å². The molecule has 0 radical (unpaired) electrons. The fourth-order valence-electron chi connectivity index (χ4n) is 1.10. The van der Waals surface area contributed by atoms with Gasteiger partial charge in [-0.15, -0.1) is 0 Å². The summed E-state index contributed by atoms with van der Waals surface area (Å²) in [5.74, 6) is -1.12. The molecule has 1 heterocycles. The van der Waals surface area contributed by atoms with Crippen LogP contribution in [0.3, 0.4) is 0 Å². The van der Waals surface area contributed by atoms with Gasteiger partial charge >= 0.3 is 0 Å². The first-order valence-electron chi connectivity index (χ1n) is 4.12. The third-order valence-electron chi connectivity index (χ3n) is 1.79. The highest BCUT2D eigenvalue weighted by molar-refractivity contribution is 5.56. The molecule has 0 saturated heterocycles. The van der Waals surface area contributed by atoms with Crippen LogP contribution in [-0.2, 0) is 0 Å². The molecule has 0 aliphatic rings. The zero-order valence-corrected chi connectivity index (χ0v) is 7.58. The first-order valence-corrected chi connectivity index (χ1v) is 4.12. The summed E-state index contributed by atoms with van der Waals surface area (Å²) in [6.45, 7) is 3.42. The smallest absolute Gasteiger partial charge is 0.250 e. The summed E-state index contributed by atoms with van der Waals surface area (Å²) < 4.78 is 30.6. The number of nitrogens with zero attached hydrogens (tertiary/aromatic N) is 2. The van der Waals surface area contributed by atoms with Crippen molar-refractivity contribution in [2.45, 2.75) is 0 Å². The summed E-state index contributed by atoms with van der Waals surface area (Å²) in [6.07, 6.45) is 1.35. The highest BCUT2D eigenvalue weighted by Crippen LogP contribution is 2.20. The number of hydrogen-bond donors (Lipinski definition) is 0. The standard InChI is InChI=1S/C10H6F2N2O/c1-2-9-13-10(14-15-9)7-4-3-6(11)5-8(7)12/h2-5H,1H2. The summed E-state index contributed by atoms with van der Waals surface area (Å²) in [4.78, 5) is 3.83. The molecule has 5 heteroatoms. The molecular formula is C10H6F2N2O. The van der Waals surface area contributed by atoms with Crippen LogP contribution in [0.4, 0.5) is 8.78 Å². The Balaban J connectivity index is 2.49. The molecule has 0 fully saturated rings. The Kier molecular flexibility index (Phi) is 2.29. The number of aromatic nitrogens is 2. The minimum atomic E-state index is -0.730. The highest BCUT2D eigenvalue weighted by atomic mass is 19.1. The maximum absolute atomic E-state index is 13.3. The van der Waals surface area contributed by atoms with Gasteiger partial charge < -0.3 is 4.52 Å². The van der Waals surface area contributed by atoms with E-state index < -0.39 is 11.6 Å². The van der Waals surface area contributed by atoms with Crippen molar-refractivity contribution < 1.29 is 13.3 Å². The average molecular weight is 208 g/mol. The monoisotopic (exact) mass is 208 g/mol. The Morgan fingerprint density at radius 3 is 2.73 bits per heavy atom. The SMILES string of the molecule is C=Cc1nc(-c2ccc(F)cc2F)no1. The Morgan fingerprint density at radius 2 is 2.13 bits per heavy atom. The summed E-state index contributed by atoms with van der Waals surface area (Å²) in [6, 6.07) is 3.14. The van der Waals surface area contributed by atoms with Crippen LogP contribution in [0.1, 0.15) is 5.89 Å². The molecule has 1 aromatic carbocycles. The zero-order chi connectivity index (χ0) is 10.8. The predicted octanol–water partition coefficient (Wildman–Crippen LogP) is 2.66. The third-order valence-corrected chi connectivity index (χ3v) is 1.79. The Hall–Kier alpha value is -2.04. The zero-order valence-electron chi connectivity index (χ0n) is 7.58. The molecule has 1 aromatic heterocycles. The normalized spacial score (nSPS) is 10.3. The van der Waals surface area contributed by atoms with Gasteiger partial charge in [0.15, 0.2) is 0 Å². The van der Waals surface area contributed by atoms with Gasteiger partial charge in [0.2, 0.25) is 11.7 Å². The molecule has 0 unspecified atom stereocenters. The van der Waals surface area contributed by atoms with Crippen LogP contribution in [0.25, 0.3) is 17.5 Å². The molecule has 76 valence electrons. The molecule has 2 aromatic rings. The minimum Gasteiger partial charge on any atom is -0.334 e. The largest absolute Gasteiger partial charge is 0.334 e. The van der Waals surface area contributed by atoms with Crippen molar-refractivity contribution in [1.29, 1.82) is 0 Å². The van der Waals surface area contributed by atoms with Gasteiger partial charge in [0, 0.05) is 6.07 Å². The fourth-order valence-corrected chi connectivity index (χ4v) is 1.10. The molecule has 0 saturated carbocycles. The molecule has 0 aliphatic carbocycles. The van der Waals surface area contributed by atoms with Crippen LogP contribution < -0.4 is 0 Å². The molecule has 0 N–H and O–H groups in total. The summed E-state index contributed by atoms with van der Waals surface area (Å²) in [5.41, 5.74) is 0.0910. The lowest BCUT2D eigenvalue weighted by molar-refractivity contribution is 0.411. The molecule has 15 heavy (non-hydrogen) atoms. The lowest BCUT2D eigenvalue weighted by Gasteiger charge is -1.96. The summed E-state index contributed by atoms with van der Waals surface area (Å²) >= 11 is 0. The lowest BCUT2D eigenvalue weighted by Crippen LogP contribution is -1.87. The Labute approximate surface area is 84.0 Å². The van der Waals surface area contributed by atoms with Crippen LogP contribution in [0.2, 0.25) is 0 Å². The Bertz CT molecular complexity index is 508. The van der Waals surface area contributed by atoms with E-state index in [2.05, 4.69) is 16.7 Å². The molecule has 0 bridgehead atoms. The van der Waals surface area contributed by atoms with Gasteiger partial charge in [0.25, 0.3) is 0 Å². The van der Waals surface area contributed by atoms with Crippen molar-refractivity contribution in [1.82, 2.24) is 10.1 Å². The van der Waals surface area contributed by atoms with Crippen molar-refractivity contribution in [3.8, 4) is 11.4 Å². The van der Waals surface area contributed by atoms with Crippen molar-refractivity contribution >= 4 is 6.08 Å². The van der Waals surface area contributed by atoms with Gasteiger partial charge in [-0.05, 0) is 18.2 Å². The van der Waals surface area contributed by atoms with Gasteiger partial charge in [-0.3, -0.25) is 0 Å².